The van der Waals surface area contributed by atoms with Crippen LogP contribution in [0.1, 0.15) is 63.2 Å². The molecule has 2 aliphatic rings. The minimum absolute atomic E-state index is 0.0267. The highest BCUT2D eigenvalue weighted by atomic mass is 35.5. The summed E-state index contributed by atoms with van der Waals surface area (Å²) in [4.78, 5) is 18.1. The summed E-state index contributed by atoms with van der Waals surface area (Å²) in [7, 11) is 3.62. The molecule has 176 valence electrons. The van der Waals surface area contributed by atoms with Crippen molar-refractivity contribution in [1.82, 2.24) is 29.4 Å². The third-order valence-electron chi connectivity index (χ3n) is 7.35. The molecule has 4 heterocycles. The van der Waals surface area contributed by atoms with E-state index in [9.17, 15) is 4.79 Å². The number of hydrogen-bond acceptors (Lipinski definition) is 4. The maximum Gasteiger partial charge on any atom is 0.259 e. The number of halogens is 1. The topological polar surface area (TPSA) is 59.2 Å². The molecule has 0 N–H and O–H groups in total. The van der Waals surface area contributed by atoms with Crippen LogP contribution in [0.3, 0.4) is 0 Å². The molecule has 2 fully saturated rings. The van der Waals surface area contributed by atoms with Crippen LogP contribution in [0.25, 0.3) is 11.4 Å². The maximum atomic E-state index is 13.5. The van der Waals surface area contributed by atoms with Gasteiger partial charge in [-0.25, -0.2) is 0 Å². The van der Waals surface area contributed by atoms with Crippen LogP contribution in [0, 0.1) is 10.8 Å². The summed E-state index contributed by atoms with van der Waals surface area (Å²) in [6.45, 7) is 12.1. The fourth-order valence-electron chi connectivity index (χ4n) is 5.00. The van der Waals surface area contributed by atoms with Gasteiger partial charge in [0.05, 0.1) is 0 Å². The second kappa shape index (κ2) is 8.82. The molecule has 0 bridgehead atoms. The van der Waals surface area contributed by atoms with E-state index in [0.29, 0.717) is 32.9 Å². The van der Waals surface area contributed by atoms with Crippen molar-refractivity contribution >= 4 is 17.5 Å². The fourth-order valence-corrected chi connectivity index (χ4v) is 5.21. The first-order valence-corrected chi connectivity index (χ1v) is 12.2. The Labute approximate surface area is 196 Å². The number of hydrogen-bond donors (Lipinski definition) is 0. The summed E-state index contributed by atoms with van der Waals surface area (Å²) in [5, 5.41) is 9.31. The van der Waals surface area contributed by atoms with Crippen molar-refractivity contribution < 1.29 is 4.79 Å². The Kier molecular flexibility index (Phi) is 6.43. The average Bonchev–Trinajstić information content (AvgIpc) is 3.30. The van der Waals surface area contributed by atoms with Gasteiger partial charge >= 0.3 is 0 Å². The zero-order valence-electron chi connectivity index (χ0n) is 20.2. The number of rotatable bonds is 4. The van der Waals surface area contributed by atoms with Gasteiger partial charge in [-0.1, -0.05) is 32.4 Å². The molecule has 7 nitrogen and oxygen atoms in total. The molecule has 0 radical (unpaired) electrons. The Morgan fingerprint density at radius 2 is 1.69 bits per heavy atom. The molecule has 2 saturated heterocycles. The minimum atomic E-state index is -0.0267. The summed E-state index contributed by atoms with van der Waals surface area (Å²) >= 11 is 6.52. The van der Waals surface area contributed by atoms with Crippen molar-refractivity contribution in [2.75, 3.05) is 32.7 Å². The Morgan fingerprint density at radius 1 is 1.06 bits per heavy atom. The van der Waals surface area contributed by atoms with E-state index in [0.717, 1.165) is 25.9 Å². The average molecular weight is 461 g/mol. The normalized spacial score (nSPS) is 19.6. The van der Waals surface area contributed by atoms with E-state index in [2.05, 4.69) is 35.9 Å². The van der Waals surface area contributed by atoms with Gasteiger partial charge in [0.1, 0.15) is 22.1 Å². The van der Waals surface area contributed by atoms with Crippen LogP contribution in [0.2, 0.25) is 5.15 Å². The first-order chi connectivity index (χ1) is 15.1. The third-order valence-corrected chi connectivity index (χ3v) is 7.79. The van der Waals surface area contributed by atoms with Crippen LogP contribution in [0.15, 0.2) is 12.3 Å². The lowest BCUT2D eigenvalue weighted by Crippen LogP contribution is -2.48. The fraction of sp³-hybridized carbons (Fsp3) is 0.708. The molecule has 2 aromatic rings. The maximum absolute atomic E-state index is 13.5. The molecule has 0 aromatic carbocycles. The number of piperidine rings is 2. The van der Waals surface area contributed by atoms with E-state index < -0.39 is 0 Å². The highest BCUT2D eigenvalue weighted by molar-refractivity contribution is 6.33. The monoisotopic (exact) mass is 460 g/mol. The van der Waals surface area contributed by atoms with Crippen LogP contribution in [0.4, 0.5) is 0 Å². The van der Waals surface area contributed by atoms with Crippen molar-refractivity contribution in [3.8, 4) is 11.4 Å². The lowest BCUT2D eigenvalue weighted by molar-refractivity contribution is 0.0283. The van der Waals surface area contributed by atoms with Gasteiger partial charge in [-0.05, 0) is 68.6 Å². The summed E-state index contributed by atoms with van der Waals surface area (Å²) in [5.41, 5.74) is 2.49. The quantitative estimate of drug-likeness (QED) is 0.685. The highest BCUT2D eigenvalue weighted by Crippen LogP contribution is 2.42. The zero-order chi connectivity index (χ0) is 23.1. The van der Waals surface area contributed by atoms with E-state index in [4.69, 9.17) is 11.6 Å². The molecule has 32 heavy (non-hydrogen) atoms. The van der Waals surface area contributed by atoms with Crippen molar-refractivity contribution in [3.05, 3.63) is 23.0 Å². The molecule has 1 amide bonds. The predicted molar refractivity (Wildman–Crippen MR) is 128 cm³/mol. The van der Waals surface area contributed by atoms with Gasteiger partial charge in [0.25, 0.3) is 5.91 Å². The van der Waals surface area contributed by atoms with Crippen molar-refractivity contribution in [3.63, 3.8) is 0 Å². The van der Waals surface area contributed by atoms with Crippen molar-refractivity contribution in [2.24, 2.45) is 24.9 Å². The number of aryl methyl sites for hydroxylation is 2. The Hall–Kier alpha value is -1.86. The van der Waals surface area contributed by atoms with E-state index in [1.807, 2.05) is 24.2 Å². The second-order valence-corrected chi connectivity index (χ2v) is 11.3. The number of likely N-dealkylation sites (tertiary alicyclic amines) is 2. The van der Waals surface area contributed by atoms with Gasteiger partial charge in [0.15, 0.2) is 0 Å². The molecule has 4 rings (SSSR count). The van der Waals surface area contributed by atoms with E-state index >= 15 is 0 Å². The molecule has 1 spiro atoms. The van der Waals surface area contributed by atoms with Crippen LogP contribution in [0.5, 0.6) is 0 Å². The van der Waals surface area contributed by atoms with Gasteiger partial charge in [-0.2, -0.15) is 10.2 Å². The Balaban J connectivity index is 1.39. The molecule has 0 unspecified atom stereocenters. The Morgan fingerprint density at radius 3 is 2.25 bits per heavy atom. The molecule has 2 aliphatic heterocycles. The van der Waals surface area contributed by atoms with Gasteiger partial charge in [0.2, 0.25) is 0 Å². The van der Waals surface area contributed by atoms with Crippen molar-refractivity contribution in [1.29, 1.82) is 0 Å². The number of aromatic nitrogens is 4. The third kappa shape index (κ3) is 4.88. The second-order valence-electron chi connectivity index (χ2n) is 11.0. The largest absolute Gasteiger partial charge is 0.338 e. The van der Waals surface area contributed by atoms with Crippen LogP contribution < -0.4 is 0 Å². The molecule has 0 aliphatic carbocycles. The molecular formula is C24H37ClN6O. The number of carbonyl (C=O) groups excluding carboxylic acids is 1. The molecule has 2 aromatic heterocycles. The van der Waals surface area contributed by atoms with E-state index in [1.54, 1.807) is 16.4 Å². The number of amides is 1. The highest BCUT2D eigenvalue weighted by Gasteiger charge is 2.39. The zero-order valence-corrected chi connectivity index (χ0v) is 21.0. The molecule has 0 saturated carbocycles. The smallest absolute Gasteiger partial charge is 0.259 e. The minimum Gasteiger partial charge on any atom is -0.338 e. The molecule has 0 atom stereocenters. The van der Waals surface area contributed by atoms with Gasteiger partial charge in [0, 0.05) is 33.4 Å². The van der Waals surface area contributed by atoms with Crippen LogP contribution in [-0.4, -0.2) is 68.0 Å². The molecule has 8 heteroatoms. The predicted octanol–water partition coefficient (Wildman–Crippen LogP) is 4.23. The van der Waals surface area contributed by atoms with Gasteiger partial charge in [-0.15, -0.1) is 0 Å². The van der Waals surface area contributed by atoms with E-state index in [1.165, 1.54) is 38.9 Å². The number of carbonyl (C=O) groups is 1. The lowest BCUT2D eigenvalue weighted by Gasteiger charge is -2.47. The van der Waals surface area contributed by atoms with Gasteiger partial charge in [-0.3, -0.25) is 14.2 Å². The Bertz CT molecular complexity index is 954. The first kappa shape index (κ1) is 23.3. The van der Waals surface area contributed by atoms with Crippen molar-refractivity contribution in [2.45, 2.75) is 52.9 Å². The SMILES string of the molecule is Cn1ccc(-c2nn(C)c(Cl)c2C(=O)N2CCC3(CCN(CCC(C)(C)C)CC3)CC2)n1. The van der Waals surface area contributed by atoms with Gasteiger partial charge < -0.3 is 9.80 Å². The van der Waals surface area contributed by atoms with Crippen LogP contribution >= 0.6 is 11.6 Å². The summed E-state index contributed by atoms with van der Waals surface area (Å²) in [6, 6.07) is 1.87. The lowest BCUT2D eigenvalue weighted by atomic mass is 9.71. The standard InChI is InChI=1S/C24H37ClN6O/c1-23(2,3)7-13-30-14-8-24(9-15-30)10-16-31(17-11-24)22(32)19-20(27-29(5)21(19)25)18-6-12-28(4)26-18/h6,12H,7-11,13-17H2,1-5H3. The summed E-state index contributed by atoms with van der Waals surface area (Å²) < 4.78 is 3.28. The molecular weight excluding hydrogens is 424 g/mol. The summed E-state index contributed by atoms with van der Waals surface area (Å²) in [6.07, 6.45) is 7.72. The number of nitrogens with zero attached hydrogens (tertiary/aromatic N) is 6. The van der Waals surface area contributed by atoms with E-state index in [-0.39, 0.29) is 5.91 Å². The first-order valence-electron chi connectivity index (χ1n) is 11.8. The van der Waals surface area contributed by atoms with Crippen LogP contribution in [-0.2, 0) is 14.1 Å². The summed E-state index contributed by atoms with van der Waals surface area (Å²) in [5.74, 6) is -0.0267.